The summed E-state index contributed by atoms with van der Waals surface area (Å²) in [7, 11) is 0. The number of amides is 1. The summed E-state index contributed by atoms with van der Waals surface area (Å²) in [5.41, 5.74) is 1.51. The quantitative estimate of drug-likeness (QED) is 0.701. The number of rotatable bonds is 6. The number of hydrogen-bond acceptors (Lipinski definition) is 7. The zero-order valence-corrected chi connectivity index (χ0v) is 17.8. The van der Waals surface area contributed by atoms with E-state index in [4.69, 9.17) is 18.7 Å². The lowest BCUT2D eigenvalue weighted by Gasteiger charge is -2.40. The van der Waals surface area contributed by atoms with E-state index in [9.17, 15) is 4.79 Å². The van der Waals surface area contributed by atoms with Gasteiger partial charge in [-0.25, -0.2) is 0 Å². The van der Waals surface area contributed by atoms with Gasteiger partial charge >= 0.3 is 0 Å². The molecule has 1 saturated carbocycles. The number of benzene rings is 1. The van der Waals surface area contributed by atoms with Gasteiger partial charge in [-0.1, -0.05) is 24.4 Å². The Morgan fingerprint density at radius 2 is 1.84 bits per heavy atom. The van der Waals surface area contributed by atoms with Crippen molar-refractivity contribution in [1.29, 1.82) is 0 Å². The maximum absolute atomic E-state index is 12.5. The second-order valence-electron chi connectivity index (χ2n) is 8.45. The molecular formula is C23H29N3O5. The van der Waals surface area contributed by atoms with E-state index in [0.29, 0.717) is 23.2 Å². The third kappa shape index (κ3) is 4.70. The fraction of sp³-hybridized carbons (Fsp3) is 0.565. The van der Waals surface area contributed by atoms with Crippen molar-refractivity contribution in [2.45, 2.75) is 44.8 Å². The first-order valence-corrected chi connectivity index (χ1v) is 11.2. The molecule has 0 N–H and O–H groups in total. The molecule has 3 aliphatic rings. The van der Waals surface area contributed by atoms with Crippen molar-refractivity contribution in [2.24, 2.45) is 0 Å². The van der Waals surface area contributed by atoms with Gasteiger partial charge in [0.1, 0.15) is 12.3 Å². The van der Waals surface area contributed by atoms with Gasteiger partial charge in [-0.2, -0.15) is 0 Å². The smallest absolute Gasteiger partial charge is 0.248 e. The molecule has 0 radical (unpaired) electrons. The van der Waals surface area contributed by atoms with E-state index in [1.54, 1.807) is 0 Å². The lowest BCUT2D eigenvalue weighted by Crippen LogP contribution is -2.53. The first-order valence-electron chi connectivity index (χ1n) is 11.2. The van der Waals surface area contributed by atoms with Crippen molar-refractivity contribution in [3.8, 4) is 22.8 Å². The number of fused-ring (bicyclic) bond motifs is 1. The van der Waals surface area contributed by atoms with Gasteiger partial charge in [-0.05, 0) is 31.0 Å². The molecule has 0 atom stereocenters. The Balaban J connectivity index is 1.07. The van der Waals surface area contributed by atoms with Gasteiger partial charge in [0.2, 0.25) is 12.7 Å². The first-order chi connectivity index (χ1) is 15.3. The minimum Gasteiger partial charge on any atom is -0.454 e. The number of aromatic nitrogens is 1. The summed E-state index contributed by atoms with van der Waals surface area (Å²) in [6.45, 7) is 4.06. The third-order valence-corrected chi connectivity index (χ3v) is 6.45. The molecular weight excluding hydrogens is 398 g/mol. The molecule has 8 nitrogen and oxygen atoms in total. The van der Waals surface area contributed by atoms with Crippen LogP contribution in [-0.2, 0) is 16.1 Å². The highest BCUT2D eigenvalue weighted by atomic mass is 16.7. The Morgan fingerprint density at radius 1 is 1.03 bits per heavy atom. The van der Waals surface area contributed by atoms with Crippen molar-refractivity contribution in [2.75, 3.05) is 39.6 Å². The zero-order chi connectivity index (χ0) is 21.0. The number of hydrogen-bond donors (Lipinski definition) is 0. The van der Waals surface area contributed by atoms with Gasteiger partial charge in [-0.15, -0.1) is 0 Å². The normalized spacial score (nSPS) is 19.7. The van der Waals surface area contributed by atoms with E-state index in [-0.39, 0.29) is 25.9 Å². The molecule has 166 valence electrons. The highest BCUT2D eigenvalue weighted by Crippen LogP contribution is 2.36. The van der Waals surface area contributed by atoms with Crippen LogP contribution in [0.4, 0.5) is 0 Å². The van der Waals surface area contributed by atoms with E-state index in [0.717, 1.165) is 37.5 Å². The van der Waals surface area contributed by atoms with Gasteiger partial charge in [0, 0.05) is 43.9 Å². The standard InChI is InChI=1S/C23H29N3O5/c27-23(26-10-8-25(9-11-26)19-4-2-1-3-5-19)15-28-14-18-13-21(31-24-18)17-6-7-20-22(12-17)30-16-29-20/h6-7,12-13,19H,1-5,8-11,14-16H2. The Hall–Kier alpha value is -2.58. The van der Waals surface area contributed by atoms with Crippen LogP contribution < -0.4 is 9.47 Å². The summed E-state index contributed by atoms with van der Waals surface area (Å²) in [5.74, 6) is 2.09. The molecule has 1 aromatic carbocycles. The summed E-state index contributed by atoms with van der Waals surface area (Å²) in [6, 6.07) is 8.15. The minimum atomic E-state index is 0.0442. The van der Waals surface area contributed by atoms with E-state index < -0.39 is 0 Å². The van der Waals surface area contributed by atoms with Crippen molar-refractivity contribution in [3.05, 3.63) is 30.0 Å². The summed E-state index contributed by atoms with van der Waals surface area (Å²) >= 11 is 0. The number of nitrogens with zero attached hydrogens (tertiary/aromatic N) is 3. The molecule has 5 rings (SSSR count). The molecule has 1 aromatic heterocycles. The van der Waals surface area contributed by atoms with Crippen LogP contribution in [0.15, 0.2) is 28.8 Å². The molecule has 1 aliphatic carbocycles. The summed E-state index contributed by atoms with van der Waals surface area (Å²) in [6.07, 6.45) is 6.67. The number of ether oxygens (including phenoxy) is 3. The Kier molecular flexibility index (Phi) is 6.08. The van der Waals surface area contributed by atoms with Crippen LogP contribution in [0.3, 0.4) is 0 Å². The van der Waals surface area contributed by atoms with Crippen molar-refractivity contribution in [3.63, 3.8) is 0 Å². The topological polar surface area (TPSA) is 77.3 Å². The molecule has 31 heavy (non-hydrogen) atoms. The predicted octanol–water partition coefficient (Wildman–Crippen LogP) is 3.06. The molecule has 0 unspecified atom stereocenters. The lowest BCUT2D eigenvalue weighted by atomic mass is 9.94. The zero-order valence-electron chi connectivity index (χ0n) is 17.8. The molecule has 3 heterocycles. The molecule has 2 fully saturated rings. The number of carbonyl (C=O) groups is 1. The SMILES string of the molecule is O=C(COCc1cc(-c2ccc3c(c2)OCO3)on1)N1CCN(C2CCCCC2)CC1. The van der Waals surface area contributed by atoms with E-state index in [1.165, 1.54) is 32.1 Å². The van der Waals surface area contributed by atoms with Crippen LogP contribution >= 0.6 is 0 Å². The number of piperazine rings is 1. The van der Waals surface area contributed by atoms with Crippen LogP contribution in [-0.4, -0.2) is 66.5 Å². The maximum atomic E-state index is 12.5. The summed E-state index contributed by atoms with van der Waals surface area (Å²) in [4.78, 5) is 17.0. The largest absolute Gasteiger partial charge is 0.454 e. The lowest BCUT2D eigenvalue weighted by molar-refractivity contribution is -0.138. The fourth-order valence-corrected chi connectivity index (χ4v) is 4.68. The average molecular weight is 428 g/mol. The Bertz CT molecular complexity index is 900. The molecule has 2 aliphatic heterocycles. The highest BCUT2D eigenvalue weighted by molar-refractivity contribution is 5.77. The monoisotopic (exact) mass is 427 g/mol. The van der Waals surface area contributed by atoms with Crippen LogP contribution in [0.25, 0.3) is 11.3 Å². The molecule has 2 aromatic rings. The molecule has 0 spiro atoms. The van der Waals surface area contributed by atoms with Gasteiger partial charge in [0.05, 0.1) is 6.61 Å². The average Bonchev–Trinajstić information content (AvgIpc) is 3.49. The van der Waals surface area contributed by atoms with Gasteiger partial charge in [-0.3, -0.25) is 9.69 Å². The van der Waals surface area contributed by atoms with Crippen LogP contribution in [0.5, 0.6) is 11.5 Å². The second-order valence-corrected chi connectivity index (χ2v) is 8.45. The van der Waals surface area contributed by atoms with E-state index >= 15 is 0 Å². The maximum Gasteiger partial charge on any atom is 0.248 e. The Morgan fingerprint density at radius 3 is 2.68 bits per heavy atom. The molecule has 0 bridgehead atoms. The van der Waals surface area contributed by atoms with Crippen LogP contribution in [0, 0.1) is 0 Å². The second kappa shape index (κ2) is 9.28. The first kappa shape index (κ1) is 20.3. The van der Waals surface area contributed by atoms with Crippen LogP contribution in [0.1, 0.15) is 37.8 Å². The van der Waals surface area contributed by atoms with E-state index in [2.05, 4.69) is 10.1 Å². The van der Waals surface area contributed by atoms with Gasteiger partial charge in [0.15, 0.2) is 17.3 Å². The summed E-state index contributed by atoms with van der Waals surface area (Å²) < 4.78 is 21.8. The molecule has 8 heteroatoms. The third-order valence-electron chi connectivity index (χ3n) is 6.45. The van der Waals surface area contributed by atoms with Crippen molar-refractivity contribution >= 4 is 5.91 Å². The van der Waals surface area contributed by atoms with Crippen molar-refractivity contribution in [1.82, 2.24) is 15.0 Å². The summed E-state index contributed by atoms with van der Waals surface area (Å²) in [5, 5.41) is 4.05. The van der Waals surface area contributed by atoms with Crippen LogP contribution in [0.2, 0.25) is 0 Å². The van der Waals surface area contributed by atoms with E-state index in [1.807, 2.05) is 29.2 Å². The minimum absolute atomic E-state index is 0.0442. The van der Waals surface area contributed by atoms with Gasteiger partial charge < -0.3 is 23.6 Å². The number of carbonyl (C=O) groups excluding carboxylic acids is 1. The predicted molar refractivity (Wildman–Crippen MR) is 113 cm³/mol. The van der Waals surface area contributed by atoms with Crippen molar-refractivity contribution < 1.29 is 23.5 Å². The molecule has 1 amide bonds. The molecule has 1 saturated heterocycles. The highest BCUT2D eigenvalue weighted by Gasteiger charge is 2.27. The van der Waals surface area contributed by atoms with Gasteiger partial charge in [0.25, 0.3) is 0 Å². The fourth-order valence-electron chi connectivity index (χ4n) is 4.68. The Labute approximate surface area is 182 Å².